The molecule has 0 heterocycles. The van der Waals surface area contributed by atoms with Crippen LogP contribution in [0.4, 0.5) is 11.4 Å². The quantitative estimate of drug-likeness (QED) is 0.626. The third kappa shape index (κ3) is 3.95. The maximum atomic E-state index is 10.9. The van der Waals surface area contributed by atoms with Crippen molar-refractivity contribution in [3.8, 4) is 0 Å². The molecule has 2 aromatic rings. The summed E-state index contributed by atoms with van der Waals surface area (Å²) in [5, 5.41) is 14.3. The predicted molar refractivity (Wildman–Crippen MR) is 86.0 cm³/mol. The summed E-state index contributed by atoms with van der Waals surface area (Å²) in [6.45, 7) is 4.81. The second-order valence-electron chi connectivity index (χ2n) is 5.17. The molecule has 0 saturated heterocycles. The number of benzene rings is 2. The Morgan fingerprint density at radius 3 is 2.43 bits per heavy atom. The zero-order valence-corrected chi connectivity index (χ0v) is 12.7. The molecule has 0 unspecified atom stereocenters. The van der Waals surface area contributed by atoms with E-state index in [0.29, 0.717) is 12.5 Å². The molecule has 1 N–H and O–H groups in total. The molecule has 0 aromatic heterocycles. The molecule has 2 rings (SSSR count). The van der Waals surface area contributed by atoms with Crippen LogP contribution in [0.1, 0.15) is 30.9 Å². The summed E-state index contributed by atoms with van der Waals surface area (Å²) < 4.78 is 0. The minimum atomic E-state index is -0.469. The van der Waals surface area contributed by atoms with E-state index < -0.39 is 4.92 Å². The van der Waals surface area contributed by atoms with E-state index in [1.54, 1.807) is 12.1 Å². The highest BCUT2D eigenvalue weighted by Crippen LogP contribution is 2.25. The van der Waals surface area contributed by atoms with Gasteiger partial charge in [0.2, 0.25) is 0 Å². The fourth-order valence-corrected chi connectivity index (χ4v) is 2.18. The van der Waals surface area contributed by atoms with Gasteiger partial charge < -0.3 is 5.32 Å². The molecule has 110 valence electrons. The van der Waals surface area contributed by atoms with Gasteiger partial charge in [-0.15, -0.1) is 0 Å². The van der Waals surface area contributed by atoms with E-state index in [2.05, 4.69) is 31.3 Å². The van der Waals surface area contributed by atoms with E-state index in [4.69, 9.17) is 11.6 Å². The van der Waals surface area contributed by atoms with Crippen LogP contribution in [0.25, 0.3) is 0 Å². The van der Waals surface area contributed by atoms with Gasteiger partial charge >= 0.3 is 0 Å². The Morgan fingerprint density at radius 1 is 1.19 bits per heavy atom. The van der Waals surface area contributed by atoms with E-state index in [9.17, 15) is 10.1 Å². The Morgan fingerprint density at radius 2 is 1.86 bits per heavy atom. The van der Waals surface area contributed by atoms with Gasteiger partial charge in [-0.25, -0.2) is 0 Å². The normalized spacial score (nSPS) is 10.7. The van der Waals surface area contributed by atoms with Gasteiger partial charge in [-0.3, -0.25) is 10.1 Å². The first-order chi connectivity index (χ1) is 9.97. The van der Waals surface area contributed by atoms with Gasteiger partial charge in [-0.1, -0.05) is 43.6 Å². The van der Waals surface area contributed by atoms with Crippen LogP contribution in [-0.4, -0.2) is 4.92 Å². The lowest BCUT2D eigenvalue weighted by Crippen LogP contribution is -2.00. The van der Waals surface area contributed by atoms with Gasteiger partial charge in [0.1, 0.15) is 5.02 Å². The minimum absolute atomic E-state index is 0.0638. The fraction of sp³-hybridized carbons (Fsp3) is 0.250. The van der Waals surface area contributed by atoms with Crippen molar-refractivity contribution in [1.29, 1.82) is 0 Å². The van der Waals surface area contributed by atoms with Crippen LogP contribution >= 0.6 is 11.6 Å². The molecule has 0 atom stereocenters. The van der Waals surface area contributed by atoms with E-state index in [1.807, 2.05) is 12.1 Å². The monoisotopic (exact) mass is 304 g/mol. The lowest BCUT2D eigenvalue weighted by Gasteiger charge is -2.09. The highest BCUT2D eigenvalue weighted by molar-refractivity contribution is 6.32. The van der Waals surface area contributed by atoms with Crippen molar-refractivity contribution in [3.05, 3.63) is 68.7 Å². The first-order valence-electron chi connectivity index (χ1n) is 6.74. The van der Waals surface area contributed by atoms with Gasteiger partial charge in [0, 0.05) is 18.3 Å². The Labute approximate surface area is 128 Å². The standard InChI is InChI=1S/C16H17ClN2O2/c1-11(2)13-4-6-14(7-5-13)18-10-12-3-8-15(17)16(9-12)19(20)21/h3-9,11,18H,10H2,1-2H3. The van der Waals surface area contributed by atoms with Gasteiger partial charge in [0.05, 0.1) is 4.92 Å². The molecule has 0 saturated carbocycles. The molecular weight excluding hydrogens is 288 g/mol. The maximum Gasteiger partial charge on any atom is 0.288 e. The van der Waals surface area contributed by atoms with Gasteiger partial charge in [0.15, 0.2) is 0 Å². The van der Waals surface area contributed by atoms with Gasteiger partial charge in [0.25, 0.3) is 5.69 Å². The third-order valence-corrected chi connectivity index (χ3v) is 3.60. The number of nitro benzene ring substituents is 1. The fourth-order valence-electron chi connectivity index (χ4n) is 2.00. The van der Waals surface area contributed by atoms with Crippen LogP contribution in [0.15, 0.2) is 42.5 Å². The van der Waals surface area contributed by atoms with Crippen molar-refractivity contribution < 1.29 is 4.92 Å². The summed E-state index contributed by atoms with van der Waals surface area (Å²) >= 11 is 5.79. The lowest BCUT2D eigenvalue weighted by atomic mass is 10.0. The van der Waals surface area contributed by atoms with Crippen LogP contribution < -0.4 is 5.32 Å². The lowest BCUT2D eigenvalue weighted by molar-refractivity contribution is -0.384. The zero-order chi connectivity index (χ0) is 15.4. The maximum absolute atomic E-state index is 10.9. The van der Waals surface area contributed by atoms with Crippen LogP contribution in [0.5, 0.6) is 0 Å². The van der Waals surface area contributed by atoms with Gasteiger partial charge in [-0.2, -0.15) is 0 Å². The molecule has 0 amide bonds. The van der Waals surface area contributed by atoms with E-state index in [1.165, 1.54) is 11.6 Å². The van der Waals surface area contributed by atoms with Crippen molar-refractivity contribution in [1.82, 2.24) is 0 Å². The average molecular weight is 305 g/mol. The molecule has 0 bridgehead atoms. The Bertz CT molecular complexity index is 639. The molecule has 0 aliphatic heterocycles. The molecular formula is C16H17ClN2O2. The molecule has 21 heavy (non-hydrogen) atoms. The summed E-state index contributed by atoms with van der Waals surface area (Å²) in [6, 6.07) is 13.0. The Kier molecular flexibility index (Phi) is 4.81. The van der Waals surface area contributed by atoms with Crippen LogP contribution in [0.2, 0.25) is 5.02 Å². The first kappa shape index (κ1) is 15.3. The van der Waals surface area contributed by atoms with Crippen LogP contribution in [-0.2, 0) is 6.54 Å². The number of nitro groups is 1. The number of halogens is 1. The van der Waals surface area contributed by atoms with Crippen LogP contribution in [0, 0.1) is 10.1 Å². The molecule has 2 aromatic carbocycles. The van der Waals surface area contributed by atoms with Crippen LogP contribution in [0.3, 0.4) is 0 Å². The van der Waals surface area contributed by atoms with Crippen molar-refractivity contribution in [2.45, 2.75) is 26.3 Å². The Balaban J connectivity index is 2.06. The molecule has 0 spiro atoms. The molecule has 4 nitrogen and oxygen atoms in total. The van der Waals surface area contributed by atoms with Crippen molar-refractivity contribution in [2.24, 2.45) is 0 Å². The minimum Gasteiger partial charge on any atom is -0.381 e. The smallest absolute Gasteiger partial charge is 0.288 e. The second-order valence-corrected chi connectivity index (χ2v) is 5.58. The number of nitrogens with zero attached hydrogens (tertiary/aromatic N) is 1. The summed E-state index contributed by atoms with van der Waals surface area (Å²) in [4.78, 5) is 10.4. The molecule has 0 aliphatic carbocycles. The Hall–Kier alpha value is -2.07. The molecule has 0 radical (unpaired) electrons. The first-order valence-corrected chi connectivity index (χ1v) is 7.12. The number of hydrogen-bond donors (Lipinski definition) is 1. The molecule has 0 fully saturated rings. The van der Waals surface area contributed by atoms with E-state index in [0.717, 1.165) is 11.3 Å². The van der Waals surface area contributed by atoms with Crippen molar-refractivity contribution in [2.75, 3.05) is 5.32 Å². The van der Waals surface area contributed by atoms with Crippen molar-refractivity contribution >= 4 is 23.0 Å². The summed E-state index contributed by atoms with van der Waals surface area (Å²) in [7, 11) is 0. The SMILES string of the molecule is CC(C)c1ccc(NCc2ccc(Cl)c([N+](=O)[O-])c2)cc1. The predicted octanol–water partition coefficient (Wildman–Crippen LogP) is 4.98. The molecule has 0 aliphatic rings. The largest absolute Gasteiger partial charge is 0.381 e. The number of hydrogen-bond acceptors (Lipinski definition) is 3. The second kappa shape index (κ2) is 6.59. The average Bonchev–Trinajstić information content (AvgIpc) is 2.46. The summed E-state index contributed by atoms with van der Waals surface area (Å²) in [5.41, 5.74) is 3.02. The van der Waals surface area contributed by atoms with E-state index in [-0.39, 0.29) is 10.7 Å². The number of nitrogens with one attached hydrogen (secondary N) is 1. The number of rotatable bonds is 5. The topological polar surface area (TPSA) is 55.2 Å². The molecule has 5 heteroatoms. The highest BCUT2D eigenvalue weighted by atomic mass is 35.5. The van der Waals surface area contributed by atoms with E-state index >= 15 is 0 Å². The zero-order valence-electron chi connectivity index (χ0n) is 12.0. The summed E-state index contributed by atoms with van der Waals surface area (Å²) in [5.74, 6) is 0.498. The summed E-state index contributed by atoms with van der Waals surface area (Å²) in [6.07, 6.45) is 0. The number of anilines is 1. The van der Waals surface area contributed by atoms with Crippen molar-refractivity contribution in [3.63, 3.8) is 0 Å². The van der Waals surface area contributed by atoms with Gasteiger partial charge in [-0.05, 0) is 35.2 Å². The third-order valence-electron chi connectivity index (χ3n) is 3.28. The highest BCUT2D eigenvalue weighted by Gasteiger charge is 2.12.